The summed E-state index contributed by atoms with van der Waals surface area (Å²) < 4.78 is 6.83. The van der Waals surface area contributed by atoms with Crippen LogP contribution in [0, 0.1) is 13.8 Å². The molecule has 10 heteroatoms. The van der Waals surface area contributed by atoms with Crippen LogP contribution in [0.15, 0.2) is 22.7 Å². The second kappa shape index (κ2) is 9.55. The summed E-state index contributed by atoms with van der Waals surface area (Å²) in [6, 6.07) is 3.81. The zero-order valence-corrected chi connectivity index (χ0v) is 19.1. The highest BCUT2D eigenvalue weighted by atomic mass is 32.2. The molecule has 0 aliphatic carbocycles. The Morgan fingerprint density at radius 2 is 2.03 bits per heavy atom. The van der Waals surface area contributed by atoms with Gasteiger partial charge in [-0.1, -0.05) is 18.7 Å². The van der Waals surface area contributed by atoms with Crippen LogP contribution in [0.1, 0.15) is 33.5 Å². The zero-order chi connectivity index (χ0) is 21.0. The van der Waals surface area contributed by atoms with E-state index in [0.29, 0.717) is 15.7 Å². The van der Waals surface area contributed by atoms with Gasteiger partial charge >= 0.3 is 5.97 Å². The minimum absolute atomic E-state index is 0.169. The summed E-state index contributed by atoms with van der Waals surface area (Å²) >= 11 is 4.36. The van der Waals surface area contributed by atoms with Crippen LogP contribution >= 0.6 is 34.4 Å². The smallest absolute Gasteiger partial charge is 0.340 e. The molecule has 0 fully saturated rings. The van der Waals surface area contributed by atoms with Gasteiger partial charge < -0.3 is 14.6 Å². The molecular formula is C19H22N4O3S3. The highest BCUT2D eigenvalue weighted by Gasteiger charge is 2.19. The van der Waals surface area contributed by atoms with Gasteiger partial charge in [-0.2, -0.15) is 0 Å². The number of anilines is 1. The van der Waals surface area contributed by atoms with Gasteiger partial charge in [0.25, 0.3) is 0 Å². The maximum Gasteiger partial charge on any atom is 0.340 e. The first kappa shape index (κ1) is 21.5. The monoisotopic (exact) mass is 450 g/mol. The summed E-state index contributed by atoms with van der Waals surface area (Å²) in [5.74, 6) is 0.319. The van der Waals surface area contributed by atoms with Gasteiger partial charge in [0.05, 0.1) is 18.4 Å². The van der Waals surface area contributed by atoms with Crippen LogP contribution in [0.5, 0.6) is 0 Å². The largest absolute Gasteiger partial charge is 0.465 e. The number of carbonyl (C=O) groups excluding carboxylic acids is 2. The van der Waals surface area contributed by atoms with Crippen molar-refractivity contribution in [2.45, 2.75) is 38.9 Å². The lowest BCUT2D eigenvalue weighted by Gasteiger charge is -2.08. The van der Waals surface area contributed by atoms with Gasteiger partial charge in [-0.15, -0.1) is 32.9 Å². The summed E-state index contributed by atoms with van der Waals surface area (Å²) in [6.45, 7) is 6.81. The molecule has 0 spiro atoms. The SMILES string of the molecule is CCCn1c(SCC(=O)Nc2sc(C)cc2C(=O)OC)nnc1-c1csc(C)c1. The number of thioether (sulfide) groups is 1. The number of carbonyl (C=O) groups is 2. The molecule has 0 bridgehead atoms. The van der Waals surface area contributed by atoms with Gasteiger partial charge in [-0.3, -0.25) is 4.79 Å². The van der Waals surface area contributed by atoms with Crippen molar-refractivity contribution in [3.63, 3.8) is 0 Å². The molecular weight excluding hydrogens is 428 g/mol. The number of amides is 1. The van der Waals surface area contributed by atoms with Crippen molar-refractivity contribution in [2.75, 3.05) is 18.2 Å². The fourth-order valence-corrected chi connectivity index (χ4v) is 5.12. The van der Waals surface area contributed by atoms with Crippen LogP contribution in [0.4, 0.5) is 5.00 Å². The maximum atomic E-state index is 12.5. The third-order valence-corrected chi connectivity index (χ3v) is 6.79. The summed E-state index contributed by atoms with van der Waals surface area (Å²) in [5.41, 5.74) is 1.42. The Balaban J connectivity index is 1.71. The molecule has 0 saturated carbocycles. The van der Waals surface area contributed by atoms with Crippen molar-refractivity contribution < 1.29 is 14.3 Å². The first-order chi connectivity index (χ1) is 13.9. The molecule has 1 N–H and O–H groups in total. The van der Waals surface area contributed by atoms with E-state index in [1.54, 1.807) is 17.4 Å². The van der Waals surface area contributed by atoms with E-state index in [2.05, 4.69) is 45.4 Å². The van der Waals surface area contributed by atoms with Crippen molar-refractivity contribution in [3.05, 3.63) is 32.8 Å². The number of ether oxygens (including phenoxy) is 1. The first-order valence-electron chi connectivity index (χ1n) is 9.03. The van der Waals surface area contributed by atoms with Crippen LogP contribution in [-0.2, 0) is 16.1 Å². The van der Waals surface area contributed by atoms with Gasteiger partial charge in [0.2, 0.25) is 5.91 Å². The van der Waals surface area contributed by atoms with Gasteiger partial charge in [0, 0.05) is 27.2 Å². The van der Waals surface area contributed by atoms with E-state index in [0.717, 1.165) is 29.2 Å². The van der Waals surface area contributed by atoms with Crippen LogP contribution in [-0.4, -0.2) is 39.5 Å². The summed E-state index contributed by atoms with van der Waals surface area (Å²) in [6.07, 6.45) is 0.935. The van der Waals surface area contributed by atoms with E-state index in [1.807, 2.05) is 6.92 Å². The highest BCUT2D eigenvalue weighted by molar-refractivity contribution is 7.99. The molecule has 0 atom stereocenters. The molecule has 0 saturated heterocycles. The number of hydrogen-bond donors (Lipinski definition) is 1. The van der Waals surface area contributed by atoms with E-state index < -0.39 is 5.97 Å². The predicted molar refractivity (Wildman–Crippen MR) is 118 cm³/mol. The van der Waals surface area contributed by atoms with Crippen LogP contribution in [0.25, 0.3) is 11.4 Å². The molecule has 154 valence electrons. The molecule has 3 rings (SSSR count). The van der Waals surface area contributed by atoms with Crippen LogP contribution in [0.2, 0.25) is 0 Å². The van der Waals surface area contributed by atoms with Crippen molar-refractivity contribution in [2.24, 2.45) is 0 Å². The van der Waals surface area contributed by atoms with Crippen LogP contribution in [0.3, 0.4) is 0 Å². The number of methoxy groups -OCH3 is 1. The molecule has 7 nitrogen and oxygen atoms in total. The Hall–Kier alpha value is -2.17. The number of hydrogen-bond acceptors (Lipinski definition) is 8. The normalized spacial score (nSPS) is 10.9. The number of rotatable bonds is 8. The van der Waals surface area contributed by atoms with Gasteiger partial charge in [0.15, 0.2) is 11.0 Å². The third-order valence-electron chi connectivity index (χ3n) is 4.00. The molecule has 1 amide bonds. The molecule has 0 unspecified atom stereocenters. The molecule has 3 aromatic rings. The average Bonchev–Trinajstić information content (AvgIpc) is 3.38. The summed E-state index contributed by atoms with van der Waals surface area (Å²) in [5, 5.41) is 14.7. The van der Waals surface area contributed by atoms with Crippen LogP contribution < -0.4 is 5.32 Å². The Morgan fingerprint density at radius 1 is 1.24 bits per heavy atom. The fraction of sp³-hybridized carbons (Fsp3) is 0.368. The summed E-state index contributed by atoms with van der Waals surface area (Å²) in [7, 11) is 1.32. The predicted octanol–water partition coefficient (Wildman–Crippen LogP) is 4.61. The standard InChI is InChI=1S/C19H22N4O3S3/c1-5-6-23-16(13-7-11(2)27-9-13)21-22-19(23)28-10-15(24)20-17-14(18(25)26-4)8-12(3)29-17/h7-9H,5-6,10H2,1-4H3,(H,20,24). The van der Waals surface area contributed by atoms with E-state index in [4.69, 9.17) is 4.74 Å². The fourth-order valence-electron chi connectivity index (χ4n) is 2.76. The Bertz CT molecular complexity index is 1020. The minimum atomic E-state index is -0.462. The number of nitrogens with zero attached hydrogens (tertiary/aromatic N) is 3. The maximum absolute atomic E-state index is 12.5. The second-order valence-electron chi connectivity index (χ2n) is 6.33. The van der Waals surface area contributed by atoms with E-state index in [-0.39, 0.29) is 11.7 Å². The molecule has 0 aliphatic rings. The molecule has 0 radical (unpaired) electrons. The van der Waals surface area contributed by atoms with Gasteiger partial charge in [-0.05, 0) is 32.4 Å². The molecule has 0 aromatic carbocycles. The third kappa shape index (κ3) is 5.06. The Kier molecular flexibility index (Phi) is 7.09. The number of aryl methyl sites for hydroxylation is 2. The quantitative estimate of drug-likeness (QED) is 0.398. The number of nitrogens with one attached hydrogen (secondary N) is 1. The topological polar surface area (TPSA) is 86.1 Å². The van der Waals surface area contributed by atoms with Crippen molar-refractivity contribution >= 4 is 51.3 Å². The number of thiophene rings is 2. The molecule has 29 heavy (non-hydrogen) atoms. The zero-order valence-electron chi connectivity index (χ0n) is 16.6. The van der Waals surface area contributed by atoms with Crippen molar-refractivity contribution in [1.29, 1.82) is 0 Å². The van der Waals surface area contributed by atoms with Crippen molar-refractivity contribution in [3.8, 4) is 11.4 Å². The number of aromatic nitrogens is 3. The Morgan fingerprint density at radius 3 is 2.69 bits per heavy atom. The van der Waals surface area contributed by atoms with Gasteiger partial charge in [0.1, 0.15) is 5.00 Å². The Labute approximate surface area is 181 Å². The highest BCUT2D eigenvalue weighted by Crippen LogP contribution is 2.30. The molecule has 3 aromatic heterocycles. The van der Waals surface area contributed by atoms with E-state index in [9.17, 15) is 9.59 Å². The average molecular weight is 451 g/mol. The van der Waals surface area contributed by atoms with Crippen molar-refractivity contribution in [1.82, 2.24) is 14.8 Å². The molecule has 0 aliphatic heterocycles. The first-order valence-corrected chi connectivity index (χ1v) is 11.7. The lowest BCUT2D eigenvalue weighted by Crippen LogP contribution is -2.16. The van der Waals surface area contributed by atoms with E-state index >= 15 is 0 Å². The minimum Gasteiger partial charge on any atom is -0.465 e. The molecule has 3 heterocycles. The summed E-state index contributed by atoms with van der Waals surface area (Å²) in [4.78, 5) is 26.5. The van der Waals surface area contributed by atoms with E-state index in [1.165, 1.54) is 35.1 Å². The lowest BCUT2D eigenvalue weighted by atomic mass is 10.3. The van der Waals surface area contributed by atoms with Gasteiger partial charge in [-0.25, -0.2) is 4.79 Å². The number of esters is 1. The lowest BCUT2D eigenvalue weighted by molar-refractivity contribution is -0.113. The second-order valence-corrected chi connectivity index (χ2v) is 9.65.